The first-order chi connectivity index (χ1) is 5.77. The minimum Gasteiger partial charge on any atom is -0.380 e. The van der Waals surface area contributed by atoms with Gasteiger partial charge < -0.3 is 10.1 Å². The molecule has 1 heterocycles. The molecule has 1 aliphatic rings. The Morgan fingerprint density at radius 1 is 1.67 bits per heavy atom. The fourth-order valence-electron chi connectivity index (χ4n) is 1.51. The maximum absolute atomic E-state index is 5.40. The number of hydrogen-bond donors (Lipinski definition) is 1. The molecule has 1 N–H and O–H groups in total. The quantitative estimate of drug-likeness (QED) is 0.503. The molecule has 0 bridgehead atoms. The van der Waals surface area contributed by atoms with Crippen LogP contribution < -0.4 is 5.32 Å². The average molecular weight is 167 g/mol. The van der Waals surface area contributed by atoms with Crippen molar-refractivity contribution in [1.29, 1.82) is 0 Å². The summed E-state index contributed by atoms with van der Waals surface area (Å²) in [6.45, 7) is 4.82. The molecule has 0 radical (unpaired) electrons. The van der Waals surface area contributed by atoms with Crippen LogP contribution >= 0.6 is 0 Å². The Balaban J connectivity index is 2.23. The van der Waals surface area contributed by atoms with E-state index in [0.29, 0.717) is 0 Å². The Morgan fingerprint density at radius 3 is 3.08 bits per heavy atom. The van der Waals surface area contributed by atoms with Crippen molar-refractivity contribution in [3.63, 3.8) is 0 Å². The summed E-state index contributed by atoms with van der Waals surface area (Å²) in [6.07, 6.45) is 8.31. The molecular formula is C10H17NO. The molecule has 1 saturated heterocycles. The van der Waals surface area contributed by atoms with Crippen LogP contribution in [0, 0.1) is 12.3 Å². The molecule has 0 aromatic carbocycles. The second kappa shape index (κ2) is 4.49. The van der Waals surface area contributed by atoms with Gasteiger partial charge in [0, 0.05) is 25.1 Å². The van der Waals surface area contributed by atoms with Crippen LogP contribution in [0.2, 0.25) is 0 Å². The highest BCUT2D eigenvalue weighted by atomic mass is 16.5. The number of hydrogen-bond acceptors (Lipinski definition) is 2. The molecule has 1 fully saturated rings. The molecule has 12 heavy (non-hydrogen) atoms. The molecule has 0 spiro atoms. The topological polar surface area (TPSA) is 21.3 Å². The van der Waals surface area contributed by atoms with Crippen molar-refractivity contribution in [3.8, 4) is 12.3 Å². The summed E-state index contributed by atoms with van der Waals surface area (Å²) >= 11 is 0. The van der Waals surface area contributed by atoms with Crippen molar-refractivity contribution < 1.29 is 4.74 Å². The normalized spacial score (nSPS) is 29.7. The summed E-state index contributed by atoms with van der Waals surface area (Å²) in [6, 6.07) is 0. The van der Waals surface area contributed by atoms with Gasteiger partial charge in [0.15, 0.2) is 0 Å². The maximum atomic E-state index is 5.40. The highest BCUT2D eigenvalue weighted by Gasteiger charge is 2.26. The Morgan fingerprint density at radius 2 is 2.50 bits per heavy atom. The van der Waals surface area contributed by atoms with Gasteiger partial charge in [0.25, 0.3) is 0 Å². The zero-order valence-corrected chi connectivity index (χ0v) is 7.73. The predicted molar refractivity (Wildman–Crippen MR) is 49.9 cm³/mol. The lowest BCUT2D eigenvalue weighted by Crippen LogP contribution is -2.49. The highest BCUT2D eigenvalue weighted by molar-refractivity contribution is 4.89. The van der Waals surface area contributed by atoms with Gasteiger partial charge in [-0.3, -0.25) is 0 Å². The summed E-state index contributed by atoms with van der Waals surface area (Å²) in [5, 5.41) is 3.43. The third-order valence-electron chi connectivity index (χ3n) is 2.26. The number of terminal acetylenes is 1. The third kappa shape index (κ3) is 2.84. The first-order valence-corrected chi connectivity index (χ1v) is 4.53. The lowest BCUT2D eigenvalue weighted by atomic mass is 9.95. The van der Waals surface area contributed by atoms with Gasteiger partial charge in [0.1, 0.15) is 0 Å². The summed E-state index contributed by atoms with van der Waals surface area (Å²) in [5.74, 6) is 2.62. The van der Waals surface area contributed by atoms with Crippen LogP contribution in [0.3, 0.4) is 0 Å². The smallest absolute Gasteiger partial charge is 0.0645 e. The molecule has 1 rings (SSSR count). The van der Waals surface area contributed by atoms with Gasteiger partial charge >= 0.3 is 0 Å². The molecular weight excluding hydrogens is 150 g/mol. The first kappa shape index (κ1) is 9.57. The van der Waals surface area contributed by atoms with Crippen LogP contribution in [-0.2, 0) is 4.74 Å². The fourth-order valence-corrected chi connectivity index (χ4v) is 1.51. The number of rotatable bonds is 3. The number of nitrogens with one attached hydrogen (secondary N) is 1. The Hall–Kier alpha value is -0.520. The first-order valence-electron chi connectivity index (χ1n) is 4.53. The molecule has 0 aliphatic carbocycles. The van der Waals surface area contributed by atoms with E-state index >= 15 is 0 Å². The SMILES string of the molecule is C#CCCNC1(C)CCCOC1. The summed E-state index contributed by atoms with van der Waals surface area (Å²) in [5.41, 5.74) is 0.162. The van der Waals surface area contributed by atoms with Crippen molar-refractivity contribution in [1.82, 2.24) is 5.32 Å². The fraction of sp³-hybridized carbons (Fsp3) is 0.800. The Labute approximate surface area is 74.7 Å². The lowest BCUT2D eigenvalue weighted by Gasteiger charge is -2.34. The van der Waals surface area contributed by atoms with Gasteiger partial charge in [-0.05, 0) is 19.8 Å². The van der Waals surface area contributed by atoms with Gasteiger partial charge in [-0.2, -0.15) is 0 Å². The molecule has 2 heteroatoms. The van der Waals surface area contributed by atoms with E-state index in [-0.39, 0.29) is 5.54 Å². The van der Waals surface area contributed by atoms with Gasteiger partial charge in [-0.25, -0.2) is 0 Å². The molecule has 1 atom stereocenters. The summed E-state index contributed by atoms with van der Waals surface area (Å²) < 4.78 is 5.40. The maximum Gasteiger partial charge on any atom is 0.0645 e. The molecule has 2 nitrogen and oxygen atoms in total. The highest BCUT2D eigenvalue weighted by Crippen LogP contribution is 2.17. The van der Waals surface area contributed by atoms with E-state index in [9.17, 15) is 0 Å². The van der Waals surface area contributed by atoms with E-state index in [0.717, 1.165) is 32.6 Å². The third-order valence-corrected chi connectivity index (χ3v) is 2.26. The minimum atomic E-state index is 0.162. The second-order valence-electron chi connectivity index (χ2n) is 3.60. The van der Waals surface area contributed by atoms with Gasteiger partial charge in [0.05, 0.1) is 6.61 Å². The van der Waals surface area contributed by atoms with E-state index < -0.39 is 0 Å². The van der Waals surface area contributed by atoms with E-state index in [4.69, 9.17) is 11.2 Å². The van der Waals surface area contributed by atoms with Crippen LogP contribution in [-0.4, -0.2) is 25.3 Å². The zero-order chi connectivity index (χ0) is 8.86. The average Bonchev–Trinajstić information content (AvgIpc) is 2.06. The van der Waals surface area contributed by atoms with Crippen LogP contribution in [0.4, 0.5) is 0 Å². The van der Waals surface area contributed by atoms with E-state index in [1.807, 2.05) is 0 Å². The lowest BCUT2D eigenvalue weighted by molar-refractivity contribution is 0.0291. The van der Waals surface area contributed by atoms with Gasteiger partial charge in [-0.1, -0.05) is 0 Å². The molecule has 1 aliphatic heterocycles. The van der Waals surface area contributed by atoms with Gasteiger partial charge in [-0.15, -0.1) is 12.3 Å². The second-order valence-corrected chi connectivity index (χ2v) is 3.60. The largest absolute Gasteiger partial charge is 0.380 e. The molecule has 0 saturated carbocycles. The van der Waals surface area contributed by atoms with Crippen LogP contribution in [0.5, 0.6) is 0 Å². The summed E-state index contributed by atoms with van der Waals surface area (Å²) in [7, 11) is 0. The Bertz CT molecular complexity index is 165. The molecule has 68 valence electrons. The number of ether oxygens (including phenoxy) is 1. The van der Waals surface area contributed by atoms with E-state index in [1.165, 1.54) is 6.42 Å². The van der Waals surface area contributed by atoms with E-state index in [2.05, 4.69) is 18.2 Å². The molecule has 0 aromatic rings. The van der Waals surface area contributed by atoms with Crippen molar-refractivity contribution in [2.45, 2.75) is 31.7 Å². The van der Waals surface area contributed by atoms with Crippen molar-refractivity contribution in [3.05, 3.63) is 0 Å². The van der Waals surface area contributed by atoms with Crippen LogP contribution in [0.15, 0.2) is 0 Å². The van der Waals surface area contributed by atoms with Crippen molar-refractivity contribution in [2.24, 2.45) is 0 Å². The minimum absolute atomic E-state index is 0.162. The predicted octanol–water partition coefficient (Wildman–Crippen LogP) is 1.17. The molecule has 1 unspecified atom stereocenters. The van der Waals surface area contributed by atoms with Crippen LogP contribution in [0.1, 0.15) is 26.2 Å². The Kier molecular flexibility index (Phi) is 3.58. The van der Waals surface area contributed by atoms with Crippen molar-refractivity contribution in [2.75, 3.05) is 19.8 Å². The molecule has 0 aromatic heterocycles. The van der Waals surface area contributed by atoms with Crippen molar-refractivity contribution >= 4 is 0 Å². The van der Waals surface area contributed by atoms with Crippen LogP contribution in [0.25, 0.3) is 0 Å². The van der Waals surface area contributed by atoms with Gasteiger partial charge in [0.2, 0.25) is 0 Å². The monoisotopic (exact) mass is 167 g/mol. The standard InChI is InChI=1S/C10H17NO/c1-3-4-7-11-10(2)6-5-8-12-9-10/h1,11H,4-9H2,2H3. The van der Waals surface area contributed by atoms with E-state index in [1.54, 1.807) is 0 Å². The molecule has 0 amide bonds. The zero-order valence-electron chi connectivity index (χ0n) is 7.73. The summed E-state index contributed by atoms with van der Waals surface area (Å²) in [4.78, 5) is 0.